The summed E-state index contributed by atoms with van der Waals surface area (Å²) in [4.78, 5) is 16.2. The zero-order valence-corrected chi connectivity index (χ0v) is 12.3. The molecule has 0 fully saturated rings. The van der Waals surface area contributed by atoms with Gasteiger partial charge in [0.25, 0.3) is 5.91 Å². The Labute approximate surface area is 133 Å². The van der Waals surface area contributed by atoms with Crippen molar-refractivity contribution in [3.8, 4) is 6.07 Å². The van der Waals surface area contributed by atoms with Crippen LogP contribution < -0.4 is 10.6 Å². The van der Waals surface area contributed by atoms with Crippen LogP contribution in [0.1, 0.15) is 5.69 Å². The van der Waals surface area contributed by atoms with Crippen molar-refractivity contribution in [3.63, 3.8) is 0 Å². The number of para-hydroxylation sites is 1. The average Bonchev–Trinajstić information content (AvgIpc) is 2.54. The van der Waals surface area contributed by atoms with Crippen molar-refractivity contribution in [1.82, 2.24) is 10.3 Å². The average molecular weight is 313 g/mol. The summed E-state index contributed by atoms with van der Waals surface area (Å²) < 4.78 is 0. The number of rotatable bonds is 5. The lowest BCUT2D eigenvalue weighted by Crippen LogP contribution is -2.17. The Kier molecular flexibility index (Phi) is 5.52. The van der Waals surface area contributed by atoms with Crippen LogP contribution in [0.4, 0.5) is 5.69 Å². The summed E-state index contributed by atoms with van der Waals surface area (Å²) in [5.74, 6) is -0.524. The molecule has 0 radical (unpaired) electrons. The van der Waals surface area contributed by atoms with Crippen LogP contribution in [0.3, 0.4) is 0 Å². The van der Waals surface area contributed by atoms with Gasteiger partial charge in [-0.15, -0.1) is 0 Å². The second-order valence-corrected chi connectivity index (χ2v) is 4.71. The number of pyridine rings is 1. The van der Waals surface area contributed by atoms with Crippen molar-refractivity contribution < 1.29 is 4.79 Å². The third-order valence-corrected chi connectivity index (χ3v) is 3.07. The highest BCUT2D eigenvalue weighted by molar-refractivity contribution is 6.33. The van der Waals surface area contributed by atoms with Crippen molar-refractivity contribution in [1.29, 1.82) is 5.26 Å². The molecule has 1 aromatic carbocycles. The molecule has 0 saturated carbocycles. The highest BCUT2D eigenvalue weighted by Crippen LogP contribution is 2.20. The standard InChI is InChI=1S/C16H13ClN4O/c17-14-6-1-2-7-15(14)21-16(22)12(9-18)10-19-11-13-5-3-4-8-20-13/h1-8,10,19H,11H2,(H,21,22)/b12-10-. The lowest BCUT2D eigenvalue weighted by molar-refractivity contribution is -0.112. The SMILES string of the molecule is N#C/C(=C/NCc1ccccn1)C(=O)Nc1ccccc1Cl. The van der Waals surface area contributed by atoms with E-state index in [2.05, 4.69) is 15.6 Å². The quantitative estimate of drug-likeness (QED) is 0.657. The first-order valence-corrected chi connectivity index (χ1v) is 6.88. The van der Waals surface area contributed by atoms with Crippen LogP contribution in [0, 0.1) is 11.3 Å². The molecule has 2 N–H and O–H groups in total. The Morgan fingerprint density at radius 2 is 2.05 bits per heavy atom. The highest BCUT2D eigenvalue weighted by Gasteiger charge is 2.10. The van der Waals surface area contributed by atoms with Gasteiger partial charge < -0.3 is 10.6 Å². The molecule has 0 saturated heterocycles. The van der Waals surface area contributed by atoms with Gasteiger partial charge in [0.2, 0.25) is 0 Å². The molecular weight excluding hydrogens is 300 g/mol. The van der Waals surface area contributed by atoms with Crippen LogP contribution in [-0.4, -0.2) is 10.9 Å². The summed E-state index contributed by atoms with van der Waals surface area (Å²) in [5.41, 5.74) is 1.22. The van der Waals surface area contributed by atoms with Crippen molar-refractivity contribution in [2.75, 3.05) is 5.32 Å². The van der Waals surface area contributed by atoms with Gasteiger partial charge in [-0.25, -0.2) is 0 Å². The predicted octanol–water partition coefficient (Wildman–Crippen LogP) is 2.87. The summed E-state index contributed by atoms with van der Waals surface area (Å²) in [5, 5.41) is 15.0. The molecule has 0 unspecified atom stereocenters. The van der Waals surface area contributed by atoms with Crippen molar-refractivity contribution >= 4 is 23.2 Å². The number of anilines is 1. The monoisotopic (exact) mass is 312 g/mol. The zero-order valence-electron chi connectivity index (χ0n) is 11.6. The van der Waals surface area contributed by atoms with E-state index in [9.17, 15) is 4.79 Å². The molecule has 6 heteroatoms. The number of benzene rings is 1. The Morgan fingerprint density at radius 1 is 1.27 bits per heavy atom. The Balaban J connectivity index is 1.99. The van der Waals surface area contributed by atoms with Crippen LogP contribution in [0.5, 0.6) is 0 Å². The minimum atomic E-state index is -0.524. The van der Waals surface area contributed by atoms with Gasteiger partial charge in [0.1, 0.15) is 11.6 Å². The Hall–Kier alpha value is -2.84. The van der Waals surface area contributed by atoms with Crippen molar-refractivity contribution in [2.45, 2.75) is 6.54 Å². The second kappa shape index (κ2) is 7.81. The maximum atomic E-state index is 12.0. The van der Waals surface area contributed by atoms with Crippen LogP contribution >= 0.6 is 11.6 Å². The number of carbonyl (C=O) groups excluding carboxylic acids is 1. The number of aromatic nitrogens is 1. The summed E-state index contributed by atoms with van der Waals surface area (Å²) in [6.45, 7) is 0.422. The molecule has 0 aliphatic rings. The van der Waals surface area contributed by atoms with Gasteiger partial charge in [-0.1, -0.05) is 29.8 Å². The predicted molar refractivity (Wildman–Crippen MR) is 84.9 cm³/mol. The van der Waals surface area contributed by atoms with Gasteiger partial charge in [-0.2, -0.15) is 5.26 Å². The van der Waals surface area contributed by atoms with Gasteiger partial charge in [0.15, 0.2) is 0 Å². The molecule has 5 nitrogen and oxygen atoms in total. The molecule has 0 bridgehead atoms. The lowest BCUT2D eigenvalue weighted by atomic mass is 10.2. The van der Waals surface area contributed by atoms with Crippen LogP contribution in [0.15, 0.2) is 60.4 Å². The van der Waals surface area contributed by atoms with Gasteiger partial charge >= 0.3 is 0 Å². The summed E-state index contributed by atoms with van der Waals surface area (Å²) in [6.07, 6.45) is 3.04. The van der Waals surface area contributed by atoms with Gasteiger partial charge in [-0.3, -0.25) is 9.78 Å². The minimum absolute atomic E-state index is 0.0455. The van der Waals surface area contributed by atoms with Gasteiger partial charge in [0, 0.05) is 12.4 Å². The minimum Gasteiger partial charge on any atom is -0.384 e. The summed E-state index contributed by atoms with van der Waals surface area (Å²) in [7, 11) is 0. The molecule has 110 valence electrons. The molecule has 1 aromatic heterocycles. The number of nitrogens with zero attached hydrogens (tertiary/aromatic N) is 2. The largest absolute Gasteiger partial charge is 0.384 e. The fourth-order valence-electron chi connectivity index (χ4n) is 1.66. The topological polar surface area (TPSA) is 77.8 Å². The van der Waals surface area contributed by atoms with E-state index >= 15 is 0 Å². The van der Waals surface area contributed by atoms with Gasteiger partial charge in [0.05, 0.1) is 22.9 Å². The molecular formula is C16H13ClN4O. The van der Waals surface area contributed by atoms with Gasteiger partial charge in [-0.05, 0) is 24.3 Å². The maximum Gasteiger partial charge on any atom is 0.267 e. The summed E-state index contributed by atoms with van der Waals surface area (Å²) in [6, 6.07) is 14.2. The van der Waals surface area contributed by atoms with E-state index in [0.29, 0.717) is 17.3 Å². The first-order valence-electron chi connectivity index (χ1n) is 6.50. The van der Waals surface area contributed by atoms with Crippen molar-refractivity contribution in [3.05, 3.63) is 71.2 Å². The number of nitrogens with one attached hydrogen (secondary N) is 2. The van der Waals surface area contributed by atoms with Crippen LogP contribution in [0.25, 0.3) is 0 Å². The molecule has 22 heavy (non-hydrogen) atoms. The third kappa shape index (κ3) is 4.33. The fourth-order valence-corrected chi connectivity index (χ4v) is 1.84. The van der Waals surface area contributed by atoms with E-state index in [1.807, 2.05) is 24.3 Å². The highest BCUT2D eigenvalue weighted by atomic mass is 35.5. The molecule has 1 heterocycles. The van der Waals surface area contributed by atoms with E-state index < -0.39 is 5.91 Å². The number of halogens is 1. The number of nitriles is 1. The lowest BCUT2D eigenvalue weighted by Gasteiger charge is -2.06. The molecule has 0 spiro atoms. The van der Waals surface area contributed by atoms with E-state index in [1.54, 1.807) is 30.5 Å². The first kappa shape index (κ1) is 15.5. The molecule has 1 amide bonds. The first-order chi connectivity index (χ1) is 10.7. The molecule has 2 aromatic rings. The molecule has 0 aliphatic heterocycles. The normalized spacial score (nSPS) is 10.6. The molecule has 0 atom stereocenters. The summed E-state index contributed by atoms with van der Waals surface area (Å²) >= 11 is 5.96. The number of carbonyl (C=O) groups is 1. The fraction of sp³-hybridized carbons (Fsp3) is 0.0625. The number of amides is 1. The number of hydrogen-bond acceptors (Lipinski definition) is 4. The Bertz CT molecular complexity index is 722. The van der Waals surface area contributed by atoms with E-state index in [0.717, 1.165) is 5.69 Å². The van der Waals surface area contributed by atoms with Crippen LogP contribution in [0.2, 0.25) is 5.02 Å². The Morgan fingerprint density at radius 3 is 2.73 bits per heavy atom. The van der Waals surface area contributed by atoms with E-state index in [1.165, 1.54) is 6.20 Å². The van der Waals surface area contributed by atoms with E-state index in [-0.39, 0.29) is 5.57 Å². The third-order valence-electron chi connectivity index (χ3n) is 2.74. The molecule has 2 rings (SSSR count). The molecule has 0 aliphatic carbocycles. The van der Waals surface area contributed by atoms with Crippen molar-refractivity contribution in [2.24, 2.45) is 0 Å². The second-order valence-electron chi connectivity index (χ2n) is 4.31. The maximum absolute atomic E-state index is 12.0. The number of hydrogen-bond donors (Lipinski definition) is 2. The van der Waals surface area contributed by atoms with E-state index in [4.69, 9.17) is 16.9 Å². The smallest absolute Gasteiger partial charge is 0.267 e. The zero-order chi connectivity index (χ0) is 15.8. The van der Waals surface area contributed by atoms with Crippen LogP contribution in [-0.2, 0) is 11.3 Å².